The third kappa shape index (κ3) is 3.02. The lowest BCUT2D eigenvalue weighted by atomic mass is 10.2. The Labute approximate surface area is 96.6 Å². The lowest BCUT2D eigenvalue weighted by Gasteiger charge is -1.96. The fourth-order valence-electron chi connectivity index (χ4n) is 1.28. The summed E-state index contributed by atoms with van der Waals surface area (Å²) in [5.41, 5.74) is 0.423. The number of aromatic amines is 1. The van der Waals surface area contributed by atoms with Gasteiger partial charge in [0.25, 0.3) is 5.82 Å². The zero-order valence-corrected chi connectivity index (χ0v) is 8.75. The van der Waals surface area contributed by atoms with Crippen LogP contribution in [0.1, 0.15) is 0 Å². The second-order valence-electron chi connectivity index (χ2n) is 3.17. The highest BCUT2D eigenvalue weighted by molar-refractivity contribution is 6.10. The summed E-state index contributed by atoms with van der Waals surface area (Å²) in [7, 11) is 0. The Morgan fingerprint density at radius 2 is 2.29 bits per heavy atom. The normalized spacial score (nSPS) is 13.2. The van der Waals surface area contributed by atoms with Crippen LogP contribution in [-0.4, -0.2) is 23.8 Å². The Balaban J connectivity index is 0.00000144. The molecule has 2 heterocycles. The molecule has 1 aliphatic heterocycles. The third-order valence-electron chi connectivity index (χ3n) is 2.06. The van der Waals surface area contributed by atoms with Crippen molar-refractivity contribution in [3.05, 3.63) is 41.0 Å². The molecule has 0 atom stereocenters. The maximum atomic E-state index is 11.7. The largest absolute Gasteiger partial charge is 0.870 e. The molecular formula is C10H10N4O3. The predicted octanol–water partition coefficient (Wildman–Crippen LogP) is 0.367. The van der Waals surface area contributed by atoms with Gasteiger partial charge >= 0.3 is 5.91 Å². The van der Waals surface area contributed by atoms with Gasteiger partial charge in [-0.05, 0) is 17.3 Å². The second kappa shape index (κ2) is 5.61. The van der Waals surface area contributed by atoms with Crippen molar-refractivity contribution in [2.45, 2.75) is 0 Å². The van der Waals surface area contributed by atoms with E-state index in [0.717, 1.165) is 0 Å². The first kappa shape index (κ1) is 12.7. The molecule has 1 aromatic rings. The van der Waals surface area contributed by atoms with Gasteiger partial charge in [0.15, 0.2) is 5.84 Å². The Kier molecular flexibility index (Phi) is 4.18. The maximum absolute atomic E-state index is 11.7. The highest BCUT2D eigenvalue weighted by atomic mass is 16.3. The fraction of sp³-hybridized carbons (Fsp3) is 0.100. The molecule has 1 aromatic heterocycles. The van der Waals surface area contributed by atoms with Crippen molar-refractivity contribution in [1.82, 2.24) is 0 Å². The van der Waals surface area contributed by atoms with Crippen molar-refractivity contribution >= 4 is 17.6 Å². The Morgan fingerprint density at radius 1 is 1.47 bits per heavy atom. The molecule has 17 heavy (non-hydrogen) atoms. The molecule has 0 bridgehead atoms. The Morgan fingerprint density at radius 3 is 2.88 bits per heavy atom. The van der Waals surface area contributed by atoms with Gasteiger partial charge in [0.2, 0.25) is 0 Å². The number of nitroso groups, excluding NO2 is 1. The molecule has 0 fully saturated rings. The van der Waals surface area contributed by atoms with Crippen LogP contribution >= 0.6 is 0 Å². The molecule has 1 amide bonds. The van der Waals surface area contributed by atoms with E-state index in [4.69, 9.17) is 0 Å². The van der Waals surface area contributed by atoms with Crippen LogP contribution in [0.4, 0.5) is 5.82 Å². The number of nitrogens with zero attached hydrogens (tertiary/aromatic N) is 2. The van der Waals surface area contributed by atoms with Gasteiger partial charge in [-0.15, -0.1) is 4.91 Å². The van der Waals surface area contributed by atoms with Gasteiger partial charge in [-0.3, -0.25) is 4.99 Å². The van der Waals surface area contributed by atoms with Crippen LogP contribution in [0.15, 0.2) is 46.2 Å². The van der Waals surface area contributed by atoms with Crippen LogP contribution in [0.25, 0.3) is 0 Å². The van der Waals surface area contributed by atoms with Gasteiger partial charge in [-0.25, -0.2) is 15.1 Å². The van der Waals surface area contributed by atoms with Crippen LogP contribution in [-0.2, 0) is 4.79 Å². The SMILES string of the molecule is O=NC1=NCC(C(=O)Nc2cccc[nH+]2)=C1.[OH-]. The van der Waals surface area contributed by atoms with E-state index in [0.29, 0.717) is 11.4 Å². The van der Waals surface area contributed by atoms with Crippen molar-refractivity contribution in [2.75, 3.05) is 11.9 Å². The zero-order valence-electron chi connectivity index (χ0n) is 8.75. The van der Waals surface area contributed by atoms with Gasteiger partial charge < -0.3 is 5.48 Å². The number of anilines is 1. The number of H-pyrrole nitrogens is 1. The van der Waals surface area contributed by atoms with E-state index in [1.54, 1.807) is 18.3 Å². The molecule has 1 aliphatic rings. The number of amides is 1. The summed E-state index contributed by atoms with van der Waals surface area (Å²) in [6.07, 6.45) is 3.08. The molecule has 0 aliphatic carbocycles. The Bertz CT molecular complexity index is 482. The van der Waals surface area contributed by atoms with E-state index in [1.807, 2.05) is 6.07 Å². The first-order valence-electron chi connectivity index (χ1n) is 4.66. The minimum atomic E-state index is -0.287. The molecule has 0 saturated heterocycles. The predicted molar refractivity (Wildman–Crippen MR) is 59.7 cm³/mol. The van der Waals surface area contributed by atoms with Gasteiger partial charge in [0.05, 0.1) is 18.3 Å². The average Bonchev–Trinajstić information content (AvgIpc) is 2.79. The van der Waals surface area contributed by atoms with Crippen molar-refractivity contribution < 1.29 is 15.3 Å². The summed E-state index contributed by atoms with van der Waals surface area (Å²) in [6.45, 7) is 0.194. The fourth-order valence-corrected chi connectivity index (χ4v) is 1.28. The number of aliphatic imine (C=N–C) groups is 1. The topological polar surface area (TPSA) is 115 Å². The van der Waals surface area contributed by atoms with Crippen LogP contribution < -0.4 is 10.3 Å². The lowest BCUT2D eigenvalue weighted by molar-refractivity contribution is -0.360. The average molecular weight is 234 g/mol. The number of carbonyl (C=O) groups is 1. The molecule has 7 nitrogen and oxygen atoms in total. The van der Waals surface area contributed by atoms with E-state index in [-0.39, 0.29) is 23.8 Å². The summed E-state index contributed by atoms with van der Waals surface area (Å²) >= 11 is 0. The van der Waals surface area contributed by atoms with E-state index in [9.17, 15) is 9.70 Å². The highest BCUT2D eigenvalue weighted by Crippen LogP contribution is 2.08. The minimum Gasteiger partial charge on any atom is -0.870 e. The molecule has 0 spiro atoms. The number of nitrogens with one attached hydrogen (secondary N) is 2. The summed E-state index contributed by atoms with van der Waals surface area (Å²) in [4.78, 5) is 28.5. The van der Waals surface area contributed by atoms with Gasteiger partial charge in [-0.2, -0.15) is 0 Å². The highest BCUT2D eigenvalue weighted by Gasteiger charge is 2.20. The summed E-state index contributed by atoms with van der Waals surface area (Å²) < 4.78 is 0. The van der Waals surface area contributed by atoms with E-state index in [1.165, 1.54) is 6.08 Å². The molecular weight excluding hydrogens is 224 g/mol. The van der Waals surface area contributed by atoms with Gasteiger partial charge in [-0.1, -0.05) is 6.07 Å². The number of aromatic nitrogens is 1. The van der Waals surface area contributed by atoms with Crippen molar-refractivity contribution in [1.29, 1.82) is 0 Å². The first-order valence-corrected chi connectivity index (χ1v) is 4.66. The lowest BCUT2D eigenvalue weighted by Crippen LogP contribution is -2.20. The van der Waals surface area contributed by atoms with E-state index < -0.39 is 0 Å². The summed E-state index contributed by atoms with van der Waals surface area (Å²) in [6, 6.07) is 5.33. The van der Waals surface area contributed by atoms with Gasteiger partial charge in [0.1, 0.15) is 0 Å². The van der Waals surface area contributed by atoms with Crippen molar-refractivity contribution in [3.8, 4) is 0 Å². The maximum Gasteiger partial charge on any atom is 0.336 e. The van der Waals surface area contributed by atoms with Crippen molar-refractivity contribution in [3.63, 3.8) is 0 Å². The molecule has 0 aromatic carbocycles. The molecule has 0 radical (unpaired) electrons. The van der Waals surface area contributed by atoms with E-state index in [2.05, 4.69) is 20.5 Å². The number of rotatable bonds is 2. The molecule has 0 saturated carbocycles. The number of carbonyl (C=O) groups excluding carboxylic acids is 1. The quantitative estimate of drug-likeness (QED) is 0.745. The van der Waals surface area contributed by atoms with Gasteiger partial charge in [0, 0.05) is 6.07 Å². The zero-order chi connectivity index (χ0) is 11.4. The van der Waals surface area contributed by atoms with Crippen LogP contribution in [0.2, 0.25) is 0 Å². The van der Waals surface area contributed by atoms with Crippen LogP contribution in [0, 0.1) is 4.91 Å². The molecule has 0 unspecified atom stereocenters. The molecule has 3 N–H and O–H groups in total. The number of pyridine rings is 1. The minimum absolute atomic E-state index is 0. The number of hydrogen-bond donors (Lipinski definition) is 1. The van der Waals surface area contributed by atoms with Crippen LogP contribution in [0.3, 0.4) is 0 Å². The smallest absolute Gasteiger partial charge is 0.336 e. The number of hydrogen-bond acceptors (Lipinski definition) is 5. The first-order chi connectivity index (χ1) is 7.79. The Hall–Kier alpha value is -2.41. The monoisotopic (exact) mass is 234 g/mol. The summed E-state index contributed by atoms with van der Waals surface area (Å²) in [5.74, 6) is 0.355. The number of amidine groups is 1. The van der Waals surface area contributed by atoms with E-state index >= 15 is 0 Å². The molecule has 7 heteroatoms. The van der Waals surface area contributed by atoms with Crippen molar-refractivity contribution in [2.24, 2.45) is 10.2 Å². The van der Waals surface area contributed by atoms with Crippen LogP contribution in [0.5, 0.6) is 0 Å². The summed E-state index contributed by atoms with van der Waals surface area (Å²) in [5, 5.41) is 5.31. The second-order valence-corrected chi connectivity index (χ2v) is 3.17. The molecule has 88 valence electrons. The molecule has 2 rings (SSSR count). The standard InChI is InChI=1S/C10H8N4O2.H2O/c15-10(7-5-9(14-16)12-6-7)13-8-3-1-2-4-11-8;/h1-5H,6H2,(H,11,13,15);1H2. The third-order valence-corrected chi connectivity index (χ3v) is 2.06.